The quantitative estimate of drug-likeness (QED) is 0.0240. The Kier molecular flexibility index (Phi) is 43.2. The van der Waals surface area contributed by atoms with Crippen molar-refractivity contribution in [1.29, 1.82) is 0 Å². The number of amides is 1. The van der Waals surface area contributed by atoms with Gasteiger partial charge in [-0.2, -0.15) is 0 Å². The van der Waals surface area contributed by atoms with E-state index in [2.05, 4.69) is 135 Å². The minimum atomic E-state index is -4.45. The summed E-state index contributed by atoms with van der Waals surface area (Å²) in [5.41, 5.74) is 0. The predicted molar refractivity (Wildman–Crippen MR) is 256 cm³/mol. The van der Waals surface area contributed by atoms with Gasteiger partial charge >= 0.3 is 13.8 Å². The van der Waals surface area contributed by atoms with E-state index in [4.69, 9.17) is 13.8 Å². The molecule has 344 valence electrons. The maximum atomic E-state index is 12.1. The van der Waals surface area contributed by atoms with Crippen molar-refractivity contribution in [2.24, 2.45) is 0 Å². The number of allylic oxidation sites excluding steroid dienone is 20. The molecule has 10 heteroatoms. The summed E-state index contributed by atoms with van der Waals surface area (Å²) in [5, 5.41) is 12.7. The predicted octanol–water partition coefficient (Wildman–Crippen LogP) is 13.3. The molecule has 61 heavy (non-hydrogen) atoms. The molecule has 9 nitrogen and oxygen atoms in total. The van der Waals surface area contributed by atoms with Gasteiger partial charge in [-0.25, -0.2) is 4.57 Å². The molecule has 0 aliphatic rings. The molecular weight excluding hydrogens is 786 g/mol. The number of esters is 1. The van der Waals surface area contributed by atoms with E-state index in [9.17, 15) is 24.2 Å². The third kappa shape index (κ3) is 47.3. The number of rotatable bonds is 41. The monoisotopic (exact) mass is 868 g/mol. The highest BCUT2D eigenvalue weighted by molar-refractivity contribution is 7.47. The van der Waals surface area contributed by atoms with Crippen molar-refractivity contribution in [3.05, 3.63) is 122 Å². The van der Waals surface area contributed by atoms with Gasteiger partial charge in [-0.1, -0.05) is 161 Å². The summed E-state index contributed by atoms with van der Waals surface area (Å²) < 4.78 is 26.8. The Morgan fingerprint density at radius 2 is 0.951 bits per heavy atom. The van der Waals surface area contributed by atoms with Crippen molar-refractivity contribution < 1.29 is 37.9 Å². The van der Waals surface area contributed by atoms with Gasteiger partial charge in [0, 0.05) is 19.4 Å². The molecule has 0 rings (SSSR count). The van der Waals surface area contributed by atoms with Crippen LogP contribution in [0.3, 0.4) is 0 Å². The third-order valence-electron chi connectivity index (χ3n) is 8.88. The largest absolute Gasteiger partial charge is 0.472 e. The first-order valence-electron chi connectivity index (χ1n) is 23.0. The van der Waals surface area contributed by atoms with E-state index in [1.807, 2.05) is 6.08 Å². The summed E-state index contributed by atoms with van der Waals surface area (Å²) in [5.74, 6) is -0.610. The van der Waals surface area contributed by atoms with Crippen LogP contribution in [0, 0.1) is 0 Å². The Hall–Kier alpha value is -3.59. The Balaban J connectivity index is 3.75. The van der Waals surface area contributed by atoms with Gasteiger partial charge in [0.1, 0.15) is 12.7 Å². The zero-order chi connectivity index (χ0) is 44.6. The molecule has 0 aliphatic heterocycles. The average Bonchev–Trinajstić information content (AvgIpc) is 3.25. The Bertz CT molecular complexity index is 1400. The first kappa shape index (κ1) is 57.4. The smallest absolute Gasteiger partial charge is 0.463 e. The van der Waals surface area contributed by atoms with Crippen molar-refractivity contribution in [2.45, 2.75) is 161 Å². The molecule has 2 atom stereocenters. The molecule has 3 N–H and O–H groups in total. The number of carbonyl (C=O) groups excluding carboxylic acids is 2. The van der Waals surface area contributed by atoms with Crippen LogP contribution in [0.4, 0.5) is 0 Å². The van der Waals surface area contributed by atoms with Gasteiger partial charge in [-0.3, -0.25) is 18.6 Å². The van der Waals surface area contributed by atoms with E-state index in [1.54, 1.807) is 0 Å². The molecule has 2 unspecified atom stereocenters. The number of nitrogens with one attached hydrogen (secondary N) is 1. The molecule has 0 saturated carbocycles. The summed E-state index contributed by atoms with van der Waals surface area (Å²) in [4.78, 5) is 33.9. The van der Waals surface area contributed by atoms with E-state index >= 15 is 0 Å². The van der Waals surface area contributed by atoms with Crippen LogP contribution in [-0.2, 0) is 27.9 Å². The highest BCUT2D eigenvalue weighted by Gasteiger charge is 2.23. The lowest BCUT2D eigenvalue weighted by atomic mass is 10.1. The molecule has 0 aromatic carbocycles. The molecule has 0 aliphatic carbocycles. The molecular formula is C51H82NO8P. The molecule has 0 fully saturated rings. The number of unbranched alkanes of at least 4 members (excludes halogenated alkanes) is 8. The van der Waals surface area contributed by atoms with Gasteiger partial charge in [-0.05, 0) is 103 Å². The average molecular weight is 868 g/mol. The maximum Gasteiger partial charge on any atom is 0.472 e. The molecule has 0 aromatic heterocycles. The number of hydrogen-bond acceptors (Lipinski definition) is 7. The normalized spacial score (nSPS) is 14.4. The van der Waals surface area contributed by atoms with Crippen LogP contribution in [0.1, 0.15) is 155 Å². The Morgan fingerprint density at radius 3 is 1.43 bits per heavy atom. The molecule has 0 aromatic rings. The van der Waals surface area contributed by atoms with Crippen LogP contribution in [0.2, 0.25) is 0 Å². The first-order chi connectivity index (χ1) is 29.8. The van der Waals surface area contributed by atoms with E-state index in [1.165, 1.54) is 25.7 Å². The SMILES string of the molecule is CC/C=C\C/C=C\C/C=C\C/C=C\C/C=C\C/C=C\CCCCCCC(=O)NCCOP(=O)(O)OCC(O)COC(=O)CCC/C=C\C/C=C\C/C=C\C/C=C\CCCCC. The van der Waals surface area contributed by atoms with Gasteiger partial charge in [0.15, 0.2) is 0 Å². The fourth-order valence-electron chi connectivity index (χ4n) is 5.43. The molecule has 0 radical (unpaired) electrons. The van der Waals surface area contributed by atoms with E-state index in [0.29, 0.717) is 12.8 Å². The summed E-state index contributed by atoms with van der Waals surface area (Å²) in [6, 6.07) is 0. The van der Waals surface area contributed by atoms with E-state index < -0.39 is 26.5 Å². The highest BCUT2D eigenvalue weighted by Crippen LogP contribution is 2.42. The molecule has 0 saturated heterocycles. The Morgan fingerprint density at radius 1 is 0.525 bits per heavy atom. The number of phosphoric acid groups is 1. The summed E-state index contributed by atoms with van der Waals surface area (Å²) in [6.07, 6.45) is 62.8. The minimum Gasteiger partial charge on any atom is -0.463 e. The molecule has 0 heterocycles. The number of aliphatic hydroxyl groups is 1. The summed E-state index contributed by atoms with van der Waals surface area (Å²) >= 11 is 0. The molecule has 1 amide bonds. The van der Waals surface area contributed by atoms with Crippen LogP contribution >= 0.6 is 7.82 Å². The van der Waals surface area contributed by atoms with Crippen LogP contribution in [0.5, 0.6) is 0 Å². The molecule has 0 bridgehead atoms. The van der Waals surface area contributed by atoms with E-state index in [0.717, 1.165) is 96.3 Å². The second-order valence-corrected chi connectivity index (χ2v) is 16.1. The van der Waals surface area contributed by atoms with Gasteiger partial charge in [-0.15, -0.1) is 0 Å². The maximum absolute atomic E-state index is 12.1. The number of carbonyl (C=O) groups is 2. The van der Waals surface area contributed by atoms with Crippen LogP contribution in [-0.4, -0.2) is 54.3 Å². The van der Waals surface area contributed by atoms with Crippen molar-refractivity contribution in [2.75, 3.05) is 26.4 Å². The Labute approximate surface area is 370 Å². The first-order valence-corrected chi connectivity index (χ1v) is 24.5. The molecule has 0 spiro atoms. The van der Waals surface area contributed by atoms with E-state index in [-0.39, 0.29) is 32.1 Å². The van der Waals surface area contributed by atoms with Crippen LogP contribution in [0.25, 0.3) is 0 Å². The van der Waals surface area contributed by atoms with Gasteiger partial charge in [0.2, 0.25) is 5.91 Å². The van der Waals surface area contributed by atoms with Crippen molar-refractivity contribution in [1.82, 2.24) is 5.32 Å². The van der Waals surface area contributed by atoms with Crippen molar-refractivity contribution in [3.63, 3.8) is 0 Å². The lowest BCUT2D eigenvalue weighted by Crippen LogP contribution is -2.27. The van der Waals surface area contributed by atoms with Crippen molar-refractivity contribution >= 4 is 19.7 Å². The summed E-state index contributed by atoms with van der Waals surface area (Å²) in [6.45, 7) is 3.29. The third-order valence-corrected chi connectivity index (χ3v) is 9.86. The minimum absolute atomic E-state index is 0.0522. The second kappa shape index (κ2) is 45.9. The number of hydrogen-bond donors (Lipinski definition) is 3. The highest BCUT2D eigenvalue weighted by atomic mass is 31.2. The number of ether oxygens (including phenoxy) is 1. The zero-order valence-electron chi connectivity index (χ0n) is 37.8. The second-order valence-electron chi connectivity index (χ2n) is 14.6. The number of phosphoric ester groups is 1. The van der Waals surface area contributed by atoms with Gasteiger partial charge < -0.3 is 20.1 Å². The van der Waals surface area contributed by atoms with Crippen LogP contribution < -0.4 is 5.32 Å². The van der Waals surface area contributed by atoms with Gasteiger partial charge in [0.25, 0.3) is 0 Å². The lowest BCUT2D eigenvalue weighted by Gasteiger charge is -2.15. The standard InChI is InChI=1S/C51H82NO8P/c1-3-5-7-9-11-13-15-17-19-21-22-23-24-25-26-28-29-31-33-35-37-39-41-43-50(54)52-45-46-59-61(56,57)60-48-49(53)47-58-51(55)44-42-40-38-36-34-32-30-27-20-18-16-14-12-10-8-6-4-2/h5,7,11-14,17-20,22-23,25-26,29-32,36,38,49,53H,3-4,6,8-10,15-16,21,24,27-28,33-35,37,39-48H2,1-2H3,(H,52,54)(H,56,57)/b7-5-,13-11-,14-12-,19-17-,20-18-,23-22-,26-25-,31-29-,32-30-,38-36-. The fourth-order valence-corrected chi connectivity index (χ4v) is 6.19. The summed E-state index contributed by atoms with van der Waals surface area (Å²) in [7, 11) is -4.45. The zero-order valence-corrected chi connectivity index (χ0v) is 38.7. The van der Waals surface area contributed by atoms with Gasteiger partial charge in [0.05, 0.1) is 13.2 Å². The number of aliphatic hydroxyl groups excluding tert-OH is 1. The van der Waals surface area contributed by atoms with Crippen LogP contribution in [0.15, 0.2) is 122 Å². The van der Waals surface area contributed by atoms with Crippen molar-refractivity contribution in [3.8, 4) is 0 Å². The topological polar surface area (TPSA) is 131 Å². The lowest BCUT2D eigenvalue weighted by molar-refractivity contribution is -0.147. The fraction of sp³-hybridized carbons (Fsp3) is 0.569.